The van der Waals surface area contributed by atoms with Crippen LogP contribution in [0.3, 0.4) is 0 Å². The highest BCUT2D eigenvalue weighted by Crippen LogP contribution is 2.35. The Balaban J connectivity index is 1.12. The Morgan fingerprint density at radius 3 is 2.62 bits per heavy atom. The van der Waals surface area contributed by atoms with Crippen LogP contribution in [0.1, 0.15) is 44.2 Å². The molecule has 2 aromatic heterocycles. The second kappa shape index (κ2) is 8.44. The summed E-state index contributed by atoms with van der Waals surface area (Å²) >= 11 is 0. The summed E-state index contributed by atoms with van der Waals surface area (Å²) in [5.41, 5.74) is 2.13. The van der Waals surface area contributed by atoms with E-state index in [0.717, 1.165) is 56.5 Å². The van der Waals surface area contributed by atoms with Crippen molar-refractivity contribution in [1.29, 1.82) is 0 Å². The highest BCUT2D eigenvalue weighted by molar-refractivity contribution is 5.78. The fourth-order valence-corrected chi connectivity index (χ4v) is 5.61. The van der Waals surface area contributed by atoms with Crippen LogP contribution in [0.2, 0.25) is 0 Å². The Morgan fingerprint density at radius 1 is 0.966 bits per heavy atom. The van der Waals surface area contributed by atoms with Crippen LogP contribution in [0.5, 0.6) is 0 Å². The summed E-state index contributed by atoms with van der Waals surface area (Å²) in [6, 6.07) is 6.64. The Morgan fingerprint density at radius 2 is 1.76 bits per heavy atom. The predicted molar refractivity (Wildman–Crippen MR) is 114 cm³/mol. The minimum atomic E-state index is 0.371. The third kappa shape index (κ3) is 4.19. The van der Waals surface area contributed by atoms with Crippen molar-refractivity contribution in [2.45, 2.75) is 51.1 Å². The monoisotopic (exact) mass is 395 g/mol. The van der Waals surface area contributed by atoms with E-state index in [1.54, 1.807) is 0 Å². The number of carbonyl (C=O) groups is 1. The molecular weight excluding hydrogens is 362 g/mol. The lowest BCUT2D eigenvalue weighted by Crippen LogP contribution is -2.54. The zero-order valence-corrected chi connectivity index (χ0v) is 17.4. The molecule has 1 saturated carbocycles. The third-order valence-corrected chi connectivity index (χ3v) is 7.19. The SMILES string of the molecule is O=C(CN1CCN(Cc2cn3ccccc3n2)CC1)N1CCC[C@@H]2CCCC[C@H]21. The van der Waals surface area contributed by atoms with Crippen molar-refractivity contribution in [2.75, 3.05) is 39.3 Å². The Hall–Kier alpha value is -1.92. The molecule has 6 heteroatoms. The van der Waals surface area contributed by atoms with E-state index in [2.05, 4.69) is 25.3 Å². The van der Waals surface area contributed by atoms with Crippen LogP contribution >= 0.6 is 0 Å². The van der Waals surface area contributed by atoms with Gasteiger partial charge < -0.3 is 9.30 Å². The summed E-state index contributed by atoms with van der Waals surface area (Å²) in [6.45, 7) is 6.43. The van der Waals surface area contributed by atoms with Crippen LogP contribution in [0.15, 0.2) is 30.6 Å². The first kappa shape index (κ1) is 19.1. The molecule has 2 atom stereocenters. The fourth-order valence-electron chi connectivity index (χ4n) is 5.61. The number of hydrogen-bond donors (Lipinski definition) is 0. The summed E-state index contributed by atoms with van der Waals surface area (Å²) < 4.78 is 2.08. The summed E-state index contributed by atoms with van der Waals surface area (Å²) in [6.07, 6.45) is 11.9. The standard InChI is InChI=1S/C23H33N5O/c29-23(28-11-5-7-19-6-1-2-8-21(19)28)18-26-14-12-25(13-15-26)16-20-17-27-10-4-3-9-22(27)24-20/h3-4,9-10,17,19,21H,1-2,5-8,11-16,18H2/t19-,21+/m0/s1. The largest absolute Gasteiger partial charge is 0.338 e. The van der Waals surface area contributed by atoms with Gasteiger partial charge in [0.05, 0.1) is 12.2 Å². The van der Waals surface area contributed by atoms with Crippen LogP contribution in [-0.4, -0.2) is 75.3 Å². The van der Waals surface area contributed by atoms with E-state index >= 15 is 0 Å². The topological polar surface area (TPSA) is 44.1 Å². The number of hydrogen-bond acceptors (Lipinski definition) is 4. The van der Waals surface area contributed by atoms with Gasteiger partial charge in [-0.3, -0.25) is 14.6 Å². The first-order valence-corrected chi connectivity index (χ1v) is 11.4. The maximum absolute atomic E-state index is 13.1. The number of likely N-dealkylation sites (tertiary alicyclic amines) is 1. The number of rotatable bonds is 4. The smallest absolute Gasteiger partial charge is 0.237 e. The molecule has 6 nitrogen and oxygen atoms in total. The molecule has 156 valence electrons. The van der Waals surface area contributed by atoms with Crippen LogP contribution in [-0.2, 0) is 11.3 Å². The lowest BCUT2D eigenvalue weighted by Gasteiger charge is -2.45. The van der Waals surface area contributed by atoms with Crippen molar-refractivity contribution in [3.63, 3.8) is 0 Å². The molecule has 0 bridgehead atoms. The van der Waals surface area contributed by atoms with Gasteiger partial charge in [0.15, 0.2) is 0 Å². The van der Waals surface area contributed by atoms with Gasteiger partial charge in [0.1, 0.15) is 5.65 Å². The zero-order chi connectivity index (χ0) is 19.6. The molecule has 2 saturated heterocycles. The van der Waals surface area contributed by atoms with Gasteiger partial charge in [-0.15, -0.1) is 0 Å². The Bertz CT molecular complexity index is 806. The summed E-state index contributed by atoms with van der Waals surface area (Å²) in [5, 5.41) is 0. The molecule has 2 aromatic rings. The van der Waals surface area contributed by atoms with Crippen molar-refractivity contribution >= 4 is 11.6 Å². The maximum atomic E-state index is 13.1. The summed E-state index contributed by atoms with van der Waals surface area (Å²) in [5.74, 6) is 1.14. The number of carbonyl (C=O) groups excluding carboxylic acids is 1. The van der Waals surface area contributed by atoms with Crippen LogP contribution in [0.25, 0.3) is 5.65 Å². The number of fused-ring (bicyclic) bond motifs is 2. The van der Waals surface area contributed by atoms with Gasteiger partial charge in [-0.1, -0.05) is 18.9 Å². The van der Waals surface area contributed by atoms with E-state index in [0.29, 0.717) is 18.5 Å². The van der Waals surface area contributed by atoms with Crippen LogP contribution in [0.4, 0.5) is 0 Å². The second-order valence-corrected chi connectivity index (χ2v) is 9.09. The predicted octanol–water partition coefficient (Wildman–Crippen LogP) is 2.63. The highest BCUT2D eigenvalue weighted by atomic mass is 16.2. The molecule has 3 fully saturated rings. The van der Waals surface area contributed by atoms with Crippen molar-refractivity contribution in [3.05, 3.63) is 36.3 Å². The first-order chi connectivity index (χ1) is 14.3. The molecule has 29 heavy (non-hydrogen) atoms. The van der Waals surface area contributed by atoms with E-state index < -0.39 is 0 Å². The van der Waals surface area contributed by atoms with Crippen molar-refractivity contribution in [2.24, 2.45) is 5.92 Å². The van der Waals surface area contributed by atoms with Crippen molar-refractivity contribution in [1.82, 2.24) is 24.1 Å². The van der Waals surface area contributed by atoms with Gasteiger partial charge in [-0.25, -0.2) is 4.98 Å². The minimum Gasteiger partial charge on any atom is -0.338 e. The number of imidazole rings is 1. The van der Waals surface area contributed by atoms with E-state index in [4.69, 9.17) is 4.98 Å². The molecule has 0 radical (unpaired) electrons. The number of pyridine rings is 1. The molecule has 3 aliphatic rings. The van der Waals surface area contributed by atoms with E-state index in [1.807, 2.05) is 24.4 Å². The first-order valence-electron chi connectivity index (χ1n) is 11.4. The number of amides is 1. The zero-order valence-electron chi connectivity index (χ0n) is 17.4. The number of aromatic nitrogens is 2. The number of piperazine rings is 1. The average molecular weight is 396 g/mol. The molecule has 5 rings (SSSR count). The molecule has 0 unspecified atom stereocenters. The van der Waals surface area contributed by atoms with E-state index in [9.17, 15) is 4.79 Å². The molecule has 1 aliphatic carbocycles. The number of piperidine rings is 1. The normalized spacial score (nSPS) is 26.6. The van der Waals surface area contributed by atoms with Crippen molar-refractivity contribution < 1.29 is 4.79 Å². The quantitative estimate of drug-likeness (QED) is 0.798. The maximum Gasteiger partial charge on any atom is 0.237 e. The fraction of sp³-hybridized carbons (Fsp3) is 0.652. The van der Waals surface area contributed by atoms with Gasteiger partial charge in [0.25, 0.3) is 0 Å². The van der Waals surface area contributed by atoms with Crippen LogP contribution < -0.4 is 0 Å². The second-order valence-electron chi connectivity index (χ2n) is 9.09. The third-order valence-electron chi connectivity index (χ3n) is 7.19. The number of nitrogens with zero attached hydrogens (tertiary/aromatic N) is 5. The lowest BCUT2D eigenvalue weighted by molar-refractivity contribution is -0.139. The van der Waals surface area contributed by atoms with Gasteiger partial charge in [-0.2, -0.15) is 0 Å². The van der Waals surface area contributed by atoms with E-state index in [-0.39, 0.29) is 0 Å². The molecule has 2 aliphatic heterocycles. The average Bonchev–Trinajstić information content (AvgIpc) is 3.17. The molecule has 1 amide bonds. The molecule has 0 N–H and O–H groups in total. The highest BCUT2D eigenvalue weighted by Gasteiger charge is 2.36. The van der Waals surface area contributed by atoms with Crippen LogP contribution in [0, 0.1) is 5.92 Å². The molecule has 0 spiro atoms. The summed E-state index contributed by atoms with van der Waals surface area (Å²) in [7, 11) is 0. The van der Waals surface area contributed by atoms with E-state index in [1.165, 1.54) is 38.5 Å². The molecule has 4 heterocycles. The summed E-state index contributed by atoms with van der Waals surface area (Å²) in [4.78, 5) is 24.8. The van der Waals surface area contributed by atoms with Gasteiger partial charge in [-0.05, 0) is 43.7 Å². The van der Waals surface area contributed by atoms with Gasteiger partial charge >= 0.3 is 0 Å². The Kier molecular flexibility index (Phi) is 5.55. The Labute approximate surface area is 173 Å². The molecule has 0 aromatic carbocycles. The molecular formula is C23H33N5O. The minimum absolute atomic E-state index is 0.371. The van der Waals surface area contributed by atoms with Gasteiger partial charge in [0.2, 0.25) is 5.91 Å². The lowest BCUT2D eigenvalue weighted by atomic mass is 9.78. The van der Waals surface area contributed by atoms with Crippen molar-refractivity contribution in [3.8, 4) is 0 Å². The van der Waals surface area contributed by atoms with Gasteiger partial charge in [0, 0.05) is 57.7 Å².